The summed E-state index contributed by atoms with van der Waals surface area (Å²) in [5.74, 6) is 0. The van der Waals surface area contributed by atoms with Crippen LogP contribution in [0.5, 0.6) is 0 Å². The zero-order chi connectivity index (χ0) is 23.4. The Hall–Kier alpha value is -2.73. The van der Waals surface area contributed by atoms with E-state index < -0.39 is 27.0 Å². The van der Waals surface area contributed by atoms with E-state index in [0.717, 1.165) is 0 Å². The van der Waals surface area contributed by atoms with Crippen molar-refractivity contribution >= 4 is 38.0 Å². The second kappa shape index (κ2) is 7.94. The first-order chi connectivity index (χ1) is 15.7. The van der Waals surface area contributed by atoms with Crippen LogP contribution in [0.1, 0.15) is 24.3 Å². The number of anilines is 1. The lowest BCUT2D eigenvalue weighted by atomic mass is 10.1. The van der Waals surface area contributed by atoms with Gasteiger partial charge in [-0.1, -0.05) is 11.3 Å². The summed E-state index contributed by atoms with van der Waals surface area (Å²) in [6.07, 6.45) is -1.88. The Morgan fingerprint density at radius 1 is 1.27 bits per heavy atom. The van der Waals surface area contributed by atoms with Crippen LogP contribution in [0.3, 0.4) is 0 Å². The predicted molar refractivity (Wildman–Crippen MR) is 116 cm³/mol. The molecule has 1 saturated carbocycles. The molecule has 14 heteroatoms. The first-order valence-electron chi connectivity index (χ1n) is 10.1. The van der Waals surface area contributed by atoms with E-state index in [1.165, 1.54) is 6.07 Å². The van der Waals surface area contributed by atoms with Gasteiger partial charge >= 0.3 is 0 Å². The fourth-order valence-electron chi connectivity index (χ4n) is 3.82. The molecule has 0 radical (unpaired) electrons. The molecule has 2 aromatic heterocycles. The van der Waals surface area contributed by atoms with E-state index in [1.54, 1.807) is 17.8 Å². The minimum absolute atomic E-state index is 0.0362. The van der Waals surface area contributed by atoms with Gasteiger partial charge in [0.2, 0.25) is 10.0 Å². The van der Waals surface area contributed by atoms with Gasteiger partial charge in [0.15, 0.2) is 10.0 Å². The Labute approximate surface area is 191 Å². The number of aromatic nitrogens is 4. The van der Waals surface area contributed by atoms with Crippen LogP contribution in [0.2, 0.25) is 0 Å². The van der Waals surface area contributed by atoms with Crippen LogP contribution in [0.15, 0.2) is 17.0 Å². The number of nitrogens with one attached hydrogen (secondary N) is 1. The molecule has 0 unspecified atom stereocenters. The molecule has 5 rings (SSSR count). The van der Waals surface area contributed by atoms with Crippen LogP contribution < -0.4 is 9.62 Å². The van der Waals surface area contributed by atoms with E-state index in [2.05, 4.69) is 20.0 Å². The minimum atomic E-state index is -4.04. The van der Waals surface area contributed by atoms with E-state index in [1.807, 2.05) is 11.0 Å². The maximum Gasteiger partial charge on any atom is 0.291 e. The fraction of sp³-hybridized carbons (Fsp3) is 0.474. The van der Waals surface area contributed by atoms with Crippen molar-refractivity contribution in [2.75, 3.05) is 31.2 Å². The summed E-state index contributed by atoms with van der Waals surface area (Å²) in [6, 6.07) is 5.03. The molecule has 2 fully saturated rings. The van der Waals surface area contributed by atoms with Crippen molar-refractivity contribution in [1.29, 1.82) is 5.26 Å². The number of alkyl halides is 2. The Kier molecular flexibility index (Phi) is 5.31. The summed E-state index contributed by atoms with van der Waals surface area (Å²) < 4.78 is 62.1. The minimum Gasteiger partial charge on any atom is -0.378 e. The van der Waals surface area contributed by atoms with E-state index in [-0.39, 0.29) is 15.6 Å². The quantitative estimate of drug-likeness (QED) is 0.552. The standard InChI is InChI=1S/C19H19F2N7O3S2/c1-27-15-12(14(25-27)17-23-24-18(32-17)16(20)21)8-11(9-13(15)28-4-6-31-7-5-28)33(29,30)26-19(10-22)2-3-19/h8-9,16,26H,2-7H2,1H3. The van der Waals surface area contributed by atoms with Gasteiger partial charge in [0.25, 0.3) is 6.43 Å². The molecular weight excluding hydrogens is 476 g/mol. The summed E-state index contributed by atoms with van der Waals surface area (Å²) in [5, 5.41) is 21.4. The van der Waals surface area contributed by atoms with Crippen LogP contribution in [0.25, 0.3) is 21.6 Å². The van der Waals surface area contributed by atoms with Crippen molar-refractivity contribution in [2.24, 2.45) is 7.05 Å². The van der Waals surface area contributed by atoms with Gasteiger partial charge in [0.05, 0.1) is 35.4 Å². The molecule has 0 bridgehead atoms. The lowest BCUT2D eigenvalue weighted by Gasteiger charge is -2.30. The van der Waals surface area contributed by atoms with Crippen LogP contribution in [0, 0.1) is 11.3 Å². The van der Waals surface area contributed by atoms with Crippen LogP contribution in [-0.4, -0.2) is 60.2 Å². The molecule has 1 saturated heterocycles. The number of halogens is 2. The van der Waals surface area contributed by atoms with Gasteiger partial charge < -0.3 is 9.64 Å². The molecule has 0 amide bonds. The number of nitriles is 1. The first-order valence-corrected chi connectivity index (χ1v) is 12.4. The van der Waals surface area contributed by atoms with Crippen molar-refractivity contribution in [1.82, 2.24) is 24.7 Å². The largest absolute Gasteiger partial charge is 0.378 e. The SMILES string of the molecule is Cn1nc(-c2nnc(C(F)F)s2)c2cc(S(=O)(=O)NC3(C#N)CC3)cc(N3CCOCC3)c21. The van der Waals surface area contributed by atoms with Gasteiger partial charge in [0.1, 0.15) is 11.2 Å². The average Bonchev–Trinajstić information content (AvgIpc) is 3.23. The number of hydrogen-bond donors (Lipinski definition) is 1. The molecule has 1 aromatic carbocycles. The van der Waals surface area contributed by atoms with Crippen molar-refractivity contribution in [3.8, 4) is 16.8 Å². The normalized spacial score (nSPS) is 18.1. The number of sulfonamides is 1. The molecule has 3 heterocycles. The zero-order valence-corrected chi connectivity index (χ0v) is 19.1. The van der Waals surface area contributed by atoms with Gasteiger partial charge in [-0.2, -0.15) is 15.1 Å². The molecule has 174 valence electrons. The number of ether oxygens (including phenoxy) is 1. The molecule has 0 spiro atoms. The van der Waals surface area contributed by atoms with E-state index in [9.17, 15) is 22.5 Å². The highest BCUT2D eigenvalue weighted by Crippen LogP contribution is 2.40. The van der Waals surface area contributed by atoms with E-state index in [4.69, 9.17) is 4.74 Å². The van der Waals surface area contributed by atoms with Crippen LogP contribution in [-0.2, 0) is 21.8 Å². The van der Waals surface area contributed by atoms with Gasteiger partial charge in [-0.25, -0.2) is 17.2 Å². The number of aryl methyl sites for hydroxylation is 1. The molecule has 10 nitrogen and oxygen atoms in total. The molecular formula is C19H19F2N7O3S2. The highest BCUT2D eigenvalue weighted by Gasteiger charge is 2.47. The van der Waals surface area contributed by atoms with E-state index >= 15 is 0 Å². The molecule has 1 aliphatic heterocycles. The molecule has 33 heavy (non-hydrogen) atoms. The van der Waals surface area contributed by atoms with Crippen LogP contribution >= 0.6 is 11.3 Å². The number of morpholine rings is 1. The summed E-state index contributed by atoms with van der Waals surface area (Å²) in [4.78, 5) is 1.96. The second-order valence-corrected chi connectivity index (χ2v) is 10.6. The molecule has 2 aliphatic rings. The number of nitrogens with zero attached hydrogens (tertiary/aromatic N) is 6. The summed E-state index contributed by atoms with van der Waals surface area (Å²) >= 11 is 0.711. The molecule has 1 aliphatic carbocycles. The maximum absolute atomic E-state index is 13.2. The smallest absolute Gasteiger partial charge is 0.291 e. The number of rotatable bonds is 6. The maximum atomic E-state index is 13.2. The highest BCUT2D eigenvalue weighted by molar-refractivity contribution is 7.89. The van der Waals surface area contributed by atoms with Gasteiger partial charge in [-0.3, -0.25) is 4.68 Å². The number of hydrogen-bond acceptors (Lipinski definition) is 9. The third kappa shape index (κ3) is 3.95. The molecule has 1 N–H and O–H groups in total. The third-order valence-corrected chi connectivity index (χ3v) is 8.13. The van der Waals surface area contributed by atoms with Crippen molar-refractivity contribution < 1.29 is 21.9 Å². The van der Waals surface area contributed by atoms with E-state index in [0.29, 0.717) is 67.1 Å². The summed E-state index contributed by atoms with van der Waals surface area (Å²) in [5.41, 5.74) is 0.444. The lowest BCUT2D eigenvalue weighted by Crippen LogP contribution is -2.37. The number of fused-ring (bicyclic) bond motifs is 1. The Morgan fingerprint density at radius 2 is 2.00 bits per heavy atom. The van der Waals surface area contributed by atoms with Crippen LogP contribution in [0.4, 0.5) is 14.5 Å². The van der Waals surface area contributed by atoms with Crippen molar-refractivity contribution in [2.45, 2.75) is 29.7 Å². The molecule has 0 atom stereocenters. The first kappa shape index (κ1) is 22.1. The monoisotopic (exact) mass is 495 g/mol. The Balaban J connectivity index is 1.70. The Bertz CT molecular complexity index is 1370. The third-order valence-electron chi connectivity index (χ3n) is 5.68. The van der Waals surface area contributed by atoms with Gasteiger partial charge in [-0.15, -0.1) is 10.2 Å². The summed E-state index contributed by atoms with van der Waals surface area (Å²) in [7, 11) is -2.34. The summed E-state index contributed by atoms with van der Waals surface area (Å²) in [6.45, 7) is 2.05. The average molecular weight is 496 g/mol. The lowest BCUT2D eigenvalue weighted by molar-refractivity contribution is 0.123. The van der Waals surface area contributed by atoms with Gasteiger partial charge in [0, 0.05) is 25.5 Å². The van der Waals surface area contributed by atoms with Crippen molar-refractivity contribution in [3.05, 3.63) is 17.1 Å². The zero-order valence-electron chi connectivity index (χ0n) is 17.5. The fourth-order valence-corrected chi connectivity index (χ4v) is 5.94. The van der Waals surface area contributed by atoms with Gasteiger partial charge in [-0.05, 0) is 25.0 Å². The topological polar surface area (TPSA) is 126 Å². The Morgan fingerprint density at radius 3 is 2.61 bits per heavy atom. The highest BCUT2D eigenvalue weighted by atomic mass is 32.2. The van der Waals surface area contributed by atoms with Crippen molar-refractivity contribution in [3.63, 3.8) is 0 Å². The predicted octanol–water partition coefficient (Wildman–Crippen LogP) is 2.20. The number of benzene rings is 1. The second-order valence-electron chi connectivity index (χ2n) is 7.96. The molecule has 3 aromatic rings.